The van der Waals surface area contributed by atoms with Crippen molar-refractivity contribution in [3.05, 3.63) is 72.8 Å². The molecule has 2 rings (SSSR count). The van der Waals surface area contributed by atoms with E-state index in [0.717, 1.165) is 17.0 Å². The molecule has 0 bridgehead atoms. The third-order valence-corrected chi connectivity index (χ3v) is 3.35. The predicted octanol–water partition coefficient (Wildman–Crippen LogP) is 3.54. The van der Waals surface area contributed by atoms with E-state index < -0.39 is 0 Å². The molecule has 1 amide bonds. The fraction of sp³-hybridized carbons (Fsp3) is 0.211. The molecule has 0 aliphatic rings. The number of nitrogens with one attached hydrogen (secondary N) is 2. The van der Waals surface area contributed by atoms with Crippen LogP contribution in [0.25, 0.3) is 0 Å². The summed E-state index contributed by atoms with van der Waals surface area (Å²) < 4.78 is 5.41. The first-order chi connectivity index (χ1) is 11.2. The molecule has 4 heteroatoms. The Morgan fingerprint density at radius 2 is 1.87 bits per heavy atom. The topological polar surface area (TPSA) is 50.4 Å². The highest BCUT2D eigenvalue weighted by molar-refractivity contribution is 5.81. The largest absolute Gasteiger partial charge is 0.490 e. The molecule has 0 aliphatic heterocycles. The summed E-state index contributed by atoms with van der Waals surface area (Å²) >= 11 is 0. The van der Waals surface area contributed by atoms with Gasteiger partial charge in [-0.1, -0.05) is 43.0 Å². The van der Waals surface area contributed by atoms with Gasteiger partial charge in [-0.15, -0.1) is 0 Å². The number of carbonyl (C=O) groups excluding carboxylic acids is 1. The summed E-state index contributed by atoms with van der Waals surface area (Å²) in [5.74, 6) is 0.728. The molecule has 0 saturated carbocycles. The van der Waals surface area contributed by atoms with Crippen LogP contribution in [0.3, 0.4) is 0 Å². The third kappa shape index (κ3) is 5.51. The van der Waals surface area contributed by atoms with Gasteiger partial charge in [0, 0.05) is 5.69 Å². The van der Waals surface area contributed by atoms with E-state index in [1.54, 1.807) is 6.08 Å². The van der Waals surface area contributed by atoms with Gasteiger partial charge < -0.3 is 15.4 Å². The fourth-order valence-electron chi connectivity index (χ4n) is 2.12. The van der Waals surface area contributed by atoms with Gasteiger partial charge in [0.2, 0.25) is 5.91 Å². The average molecular weight is 310 g/mol. The van der Waals surface area contributed by atoms with E-state index >= 15 is 0 Å². The van der Waals surface area contributed by atoms with Crippen LogP contribution in [0.4, 0.5) is 5.69 Å². The average Bonchev–Trinajstić information content (AvgIpc) is 2.59. The molecule has 0 aromatic heterocycles. The molecule has 0 fully saturated rings. The Bertz CT molecular complexity index is 624. The molecule has 0 radical (unpaired) electrons. The van der Waals surface area contributed by atoms with E-state index in [0.29, 0.717) is 6.61 Å². The zero-order chi connectivity index (χ0) is 16.5. The first-order valence-electron chi connectivity index (χ1n) is 7.61. The molecule has 1 atom stereocenters. The molecule has 120 valence electrons. The summed E-state index contributed by atoms with van der Waals surface area (Å²) in [4.78, 5) is 12.0. The minimum Gasteiger partial charge on any atom is -0.490 e. The molecule has 0 spiro atoms. The minimum atomic E-state index is -0.0478. The van der Waals surface area contributed by atoms with E-state index in [2.05, 4.69) is 17.2 Å². The second-order valence-electron chi connectivity index (χ2n) is 5.18. The number of carbonyl (C=O) groups is 1. The van der Waals surface area contributed by atoms with Crippen LogP contribution in [0.2, 0.25) is 0 Å². The SMILES string of the molecule is C=CCOc1ccc(NCC(=O)NC(C)c2ccccc2)cc1. The number of hydrogen-bond donors (Lipinski definition) is 2. The molecule has 0 saturated heterocycles. The molecular formula is C19H22N2O2. The molecule has 2 N–H and O–H groups in total. The summed E-state index contributed by atoms with van der Waals surface area (Å²) in [6.07, 6.45) is 1.70. The monoisotopic (exact) mass is 310 g/mol. The Balaban J connectivity index is 1.78. The van der Waals surface area contributed by atoms with Gasteiger partial charge in [0.25, 0.3) is 0 Å². The molecule has 4 nitrogen and oxygen atoms in total. The number of ether oxygens (including phenoxy) is 1. The third-order valence-electron chi connectivity index (χ3n) is 3.35. The lowest BCUT2D eigenvalue weighted by atomic mass is 10.1. The maximum absolute atomic E-state index is 12.0. The Hall–Kier alpha value is -2.75. The summed E-state index contributed by atoms with van der Waals surface area (Å²) in [7, 11) is 0. The number of anilines is 1. The highest BCUT2D eigenvalue weighted by atomic mass is 16.5. The van der Waals surface area contributed by atoms with Gasteiger partial charge >= 0.3 is 0 Å². The van der Waals surface area contributed by atoms with E-state index in [1.165, 1.54) is 0 Å². The van der Waals surface area contributed by atoms with Crippen LogP contribution in [0.1, 0.15) is 18.5 Å². The van der Waals surface area contributed by atoms with Gasteiger partial charge in [0.1, 0.15) is 12.4 Å². The molecule has 2 aromatic carbocycles. The van der Waals surface area contributed by atoms with Crippen LogP contribution in [0, 0.1) is 0 Å². The van der Waals surface area contributed by atoms with Gasteiger partial charge in [-0.3, -0.25) is 4.79 Å². The van der Waals surface area contributed by atoms with Crippen molar-refractivity contribution in [2.24, 2.45) is 0 Å². The lowest BCUT2D eigenvalue weighted by Crippen LogP contribution is -2.32. The molecule has 0 heterocycles. The van der Waals surface area contributed by atoms with Crippen molar-refractivity contribution in [1.29, 1.82) is 0 Å². The van der Waals surface area contributed by atoms with Crippen LogP contribution in [0.15, 0.2) is 67.3 Å². The maximum atomic E-state index is 12.0. The number of rotatable bonds is 8. The van der Waals surface area contributed by atoms with Crippen molar-refractivity contribution in [2.75, 3.05) is 18.5 Å². The van der Waals surface area contributed by atoms with Crippen molar-refractivity contribution >= 4 is 11.6 Å². The van der Waals surface area contributed by atoms with E-state index in [4.69, 9.17) is 4.74 Å². The zero-order valence-electron chi connectivity index (χ0n) is 13.3. The zero-order valence-corrected chi connectivity index (χ0v) is 13.3. The van der Waals surface area contributed by atoms with E-state index in [-0.39, 0.29) is 18.5 Å². The second kappa shape index (κ2) is 8.63. The van der Waals surface area contributed by atoms with Crippen LogP contribution in [-0.4, -0.2) is 19.1 Å². The predicted molar refractivity (Wildman–Crippen MR) is 93.6 cm³/mol. The minimum absolute atomic E-state index is 0.0137. The van der Waals surface area contributed by atoms with Crippen molar-refractivity contribution in [3.63, 3.8) is 0 Å². The van der Waals surface area contributed by atoms with Crippen LogP contribution >= 0.6 is 0 Å². The molecule has 2 aromatic rings. The van der Waals surface area contributed by atoms with Crippen molar-refractivity contribution < 1.29 is 9.53 Å². The maximum Gasteiger partial charge on any atom is 0.239 e. The van der Waals surface area contributed by atoms with Gasteiger partial charge in [0.05, 0.1) is 12.6 Å². The highest BCUT2D eigenvalue weighted by Crippen LogP contribution is 2.15. The summed E-state index contributed by atoms with van der Waals surface area (Å²) in [5.41, 5.74) is 1.96. The smallest absolute Gasteiger partial charge is 0.239 e. The Kier molecular flexibility index (Phi) is 6.24. The normalized spacial score (nSPS) is 11.3. The Morgan fingerprint density at radius 1 is 1.17 bits per heavy atom. The first-order valence-corrected chi connectivity index (χ1v) is 7.61. The van der Waals surface area contributed by atoms with Crippen molar-refractivity contribution in [3.8, 4) is 5.75 Å². The first kappa shape index (κ1) is 16.6. The highest BCUT2D eigenvalue weighted by Gasteiger charge is 2.08. The molecule has 0 aliphatic carbocycles. The van der Waals surface area contributed by atoms with Crippen molar-refractivity contribution in [2.45, 2.75) is 13.0 Å². The fourth-order valence-corrected chi connectivity index (χ4v) is 2.12. The summed E-state index contributed by atoms with van der Waals surface area (Å²) in [5, 5.41) is 6.07. The quantitative estimate of drug-likeness (QED) is 0.733. The van der Waals surface area contributed by atoms with Gasteiger partial charge in [0.15, 0.2) is 0 Å². The summed E-state index contributed by atoms with van der Waals surface area (Å²) in [6.45, 7) is 6.28. The standard InChI is InChI=1S/C19H22N2O2/c1-3-13-23-18-11-9-17(10-12-18)20-14-19(22)21-15(2)16-7-5-4-6-8-16/h3-12,15,20H,1,13-14H2,2H3,(H,21,22). The summed E-state index contributed by atoms with van der Waals surface area (Å²) in [6, 6.07) is 17.4. The van der Waals surface area contributed by atoms with Gasteiger partial charge in [-0.2, -0.15) is 0 Å². The van der Waals surface area contributed by atoms with Crippen LogP contribution in [0.5, 0.6) is 5.75 Å². The van der Waals surface area contributed by atoms with Crippen LogP contribution < -0.4 is 15.4 Å². The van der Waals surface area contributed by atoms with Crippen LogP contribution in [-0.2, 0) is 4.79 Å². The number of hydrogen-bond acceptors (Lipinski definition) is 3. The molecule has 1 unspecified atom stereocenters. The second-order valence-corrected chi connectivity index (χ2v) is 5.18. The van der Waals surface area contributed by atoms with Gasteiger partial charge in [-0.25, -0.2) is 0 Å². The molecular weight excluding hydrogens is 288 g/mol. The van der Waals surface area contributed by atoms with E-state index in [9.17, 15) is 4.79 Å². The lowest BCUT2D eigenvalue weighted by Gasteiger charge is -2.15. The Labute approximate surface area is 137 Å². The lowest BCUT2D eigenvalue weighted by molar-refractivity contribution is -0.120. The number of benzene rings is 2. The molecule has 23 heavy (non-hydrogen) atoms. The van der Waals surface area contributed by atoms with Gasteiger partial charge in [-0.05, 0) is 36.8 Å². The van der Waals surface area contributed by atoms with Crippen molar-refractivity contribution in [1.82, 2.24) is 5.32 Å². The Morgan fingerprint density at radius 3 is 2.52 bits per heavy atom. The number of amides is 1. The van der Waals surface area contributed by atoms with E-state index in [1.807, 2.05) is 61.5 Å².